The van der Waals surface area contributed by atoms with Crippen molar-refractivity contribution in [3.63, 3.8) is 0 Å². The van der Waals surface area contributed by atoms with E-state index in [1.807, 2.05) is 18.2 Å². The van der Waals surface area contributed by atoms with Gasteiger partial charge in [-0.25, -0.2) is 0 Å². The van der Waals surface area contributed by atoms with Gasteiger partial charge in [0.2, 0.25) is 5.91 Å². The van der Waals surface area contributed by atoms with E-state index in [-0.39, 0.29) is 23.8 Å². The molecule has 0 spiro atoms. The standard InChI is InChI=1S/C20H25N5O2/c26-19(14-2-3-14)21-10-12-1-4-15-16(9-12)23-24-18(15)20(27)22-17-11-25-7-5-13(17)6-8-25/h1,4,9,13-14,17H,2-3,5-8,10-11H2,(H,21,26)(H,22,27)(H,23,24)/t17-/m1/s1. The molecule has 1 aromatic carbocycles. The number of aromatic nitrogens is 2. The number of carbonyl (C=O) groups excluding carboxylic acids is 2. The molecule has 0 radical (unpaired) electrons. The minimum absolute atomic E-state index is 0.102. The molecule has 27 heavy (non-hydrogen) atoms. The first kappa shape index (κ1) is 16.7. The number of rotatable bonds is 5. The summed E-state index contributed by atoms with van der Waals surface area (Å²) in [6.45, 7) is 3.76. The molecule has 7 nitrogen and oxygen atoms in total. The van der Waals surface area contributed by atoms with Gasteiger partial charge in [0.1, 0.15) is 0 Å². The third kappa shape index (κ3) is 3.32. The fraction of sp³-hybridized carbons (Fsp3) is 0.550. The minimum Gasteiger partial charge on any atom is -0.352 e. The Balaban J connectivity index is 1.27. The van der Waals surface area contributed by atoms with Crippen LogP contribution in [0.4, 0.5) is 0 Å². The van der Waals surface area contributed by atoms with E-state index >= 15 is 0 Å². The van der Waals surface area contributed by atoms with Gasteiger partial charge in [-0.05, 0) is 56.3 Å². The number of benzene rings is 1. The average Bonchev–Trinajstić information content (AvgIpc) is 3.46. The molecule has 3 aliphatic heterocycles. The van der Waals surface area contributed by atoms with Gasteiger partial charge < -0.3 is 15.5 Å². The monoisotopic (exact) mass is 367 g/mol. The minimum atomic E-state index is -0.102. The Morgan fingerprint density at radius 1 is 1.19 bits per heavy atom. The maximum atomic E-state index is 12.8. The first-order valence-electron chi connectivity index (χ1n) is 9.95. The summed E-state index contributed by atoms with van der Waals surface area (Å²) in [6, 6.07) is 6.06. The topological polar surface area (TPSA) is 90.1 Å². The van der Waals surface area contributed by atoms with Crippen LogP contribution < -0.4 is 10.6 Å². The predicted octanol–water partition coefficient (Wildman–Crippen LogP) is 1.41. The molecule has 3 saturated heterocycles. The lowest BCUT2D eigenvalue weighted by Crippen LogP contribution is -2.57. The zero-order valence-electron chi connectivity index (χ0n) is 15.3. The van der Waals surface area contributed by atoms with E-state index in [1.54, 1.807) is 0 Å². The van der Waals surface area contributed by atoms with Crippen LogP contribution in [-0.4, -0.2) is 52.6 Å². The van der Waals surface area contributed by atoms with Gasteiger partial charge in [0.15, 0.2) is 5.69 Å². The first-order chi connectivity index (χ1) is 13.2. The van der Waals surface area contributed by atoms with Crippen molar-refractivity contribution in [1.29, 1.82) is 0 Å². The Kier molecular flexibility index (Phi) is 4.11. The van der Waals surface area contributed by atoms with Crippen molar-refractivity contribution in [2.24, 2.45) is 11.8 Å². The van der Waals surface area contributed by atoms with E-state index in [4.69, 9.17) is 0 Å². The molecule has 2 amide bonds. The molecule has 7 heteroatoms. The summed E-state index contributed by atoms with van der Waals surface area (Å²) in [6.07, 6.45) is 4.34. The number of hydrogen-bond donors (Lipinski definition) is 3. The highest BCUT2D eigenvalue weighted by Gasteiger charge is 2.35. The number of hydrogen-bond acceptors (Lipinski definition) is 4. The van der Waals surface area contributed by atoms with Crippen LogP contribution in [0.5, 0.6) is 0 Å². The summed E-state index contributed by atoms with van der Waals surface area (Å²) in [5.74, 6) is 0.834. The van der Waals surface area contributed by atoms with Crippen LogP contribution in [-0.2, 0) is 11.3 Å². The molecule has 0 unspecified atom stereocenters. The number of carbonyl (C=O) groups is 2. The SMILES string of the molecule is O=C(N[C@@H]1CN2CCC1CC2)c1n[nH]c2cc(CNC(=O)C3CC3)ccc12. The van der Waals surface area contributed by atoms with Gasteiger partial charge in [-0.1, -0.05) is 12.1 Å². The third-order valence-corrected chi connectivity index (χ3v) is 6.23. The third-order valence-electron chi connectivity index (χ3n) is 6.23. The summed E-state index contributed by atoms with van der Waals surface area (Å²) in [4.78, 5) is 27.0. The van der Waals surface area contributed by atoms with Gasteiger partial charge in [-0.15, -0.1) is 0 Å². The number of nitrogens with one attached hydrogen (secondary N) is 3. The molecule has 1 atom stereocenters. The molecule has 2 aromatic rings. The molecule has 6 rings (SSSR count). The Labute approximate surface area is 157 Å². The maximum absolute atomic E-state index is 12.8. The zero-order valence-corrected chi connectivity index (χ0v) is 15.3. The van der Waals surface area contributed by atoms with Crippen LogP contribution in [0.3, 0.4) is 0 Å². The Morgan fingerprint density at radius 2 is 2.00 bits per heavy atom. The van der Waals surface area contributed by atoms with E-state index in [1.165, 1.54) is 12.8 Å². The smallest absolute Gasteiger partial charge is 0.272 e. The van der Waals surface area contributed by atoms with Crippen LogP contribution in [0.1, 0.15) is 41.7 Å². The second-order valence-corrected chi connectivity index (χ2v) is 8.16. The molecular weight excluding hydrogens is 342 g/mol. The van der Waals surface area contributed by atoms with Crippen molar-refractivity contribution >= 4 is 22.7 Å². The van der Waals surface area contributed by atoms with E-state index < -0.39 is 0 Å². The highest BCUT2D eigenvalue weighted by atomic mass is 16.2. The molecule has 1 aromatic heterocycles. The van der Waals surface area contributed by atoms with E-state index in [0.717, 1.165) is 48.9 Å². The zero-order chi connectivity index (χ0) is 18.4. The van der Waals surface area contributed by atoms with E-state index in [9.17, 15) is 9.59 Å². The first-order valence-corrected chi connectivity index (χ1v) is 9.95. The van der Waals surface area contributed by atoms with Crippen molar-refractivity contribution in [1.82, 2.24) is 25.7 Å². The summed E-state index contributed by atoms with van der Waals surface area (Å²) in [5.41, 5.74) is 2.28. The normalized spacial score (nSPS) is 26.9. The number of fused-ring (bicyclic) bond motifs is 4. The number of nitrogens with zero attached hydrogens (tertiary/aromatic N) is 2. The van der Waals surface area contributed by atoms with Crippen LogP contribution in [0.2, 0.25) is 0 Å². The second-order valence-electron chi connectivity index (χ2n) is 8.16. The number of aromatic amines is 1. The summed E-state index contributed by atoms with van der Waals surface area (Å²) in [5, 5.41) is 14.2. The predicted molar refractivity (Wildman–Crippen MR) is 101 cm³/mol. The summed E-state index contributed by atoms with van der Waals surface area (Å²) < 4.78 is 0. The molecule has 1 aliphatic carbocycles. The molecule has 1 saturated carbocycles. The van der Waals surface area contributed by atoms with Crippen molar-refractivity contribution < 1.29 is 9.59 Å². The molecular formula is C20H25N5O2. The van der Waals surface area contributed by atoms with E-state index in [0.29, 0.717) is 18.2 Å². The van der Waals surface area contributed by atoms with Crippen molar-refractivity contribution in [2.75, 3.05) is 19.6 Å². The fourth-order valence-electron chi connectivity index (χ4n) is 4.39. The van der Waals surface area contributed by atoms with E-state index in [2.05, 4.69) is 25.7 Å². The molecule has 4 heterocycles. The van der Waals surface area contributed by atoms with Gasteiger partial charge >= 0.3 is 0 Å². The average molecular weight is 367 g/mol. The summed E-state index contributed by atoms with van der Waals surface area (Å²) in [7, 11) is 0. The maximum Gasteiger partial charge on any atom is 0.272 e. The lowest BCUT2D eigenvalue weighted by atomic mass is 9.84. The summed E-state index contributed by atoms with van der Waals surface area (Å²) >= 11 is 0. The quantitative estimate of drug-likeness (QED) is 0.745. The largest absolute Gasteiger partial charge is 0.352 e. The van der Waals surface area contributed by atoms with Crippen LogP contribution in [0.15, 0.2) is 18.2 Å². The Morgan fingerprint density at radius 3 is 2.70 bits per heavy atom. The van der Waals surface area contributed by atoms with Crippen LogP contribution in [0, 0.1) is 11.8 Å². The van der Waals surface area contributed by atoms with Crippen molar-refractivity contribution in [3.8, 4) is 0 Å². The number of piperidine rings is 3. The number of H-pyrrole nitrogens is 1. The molecule has 4 aliphatic rings. The highest BCUT2D eigenvalue weighted by molar-refractivity contribution is 6.04. The van der Waals surface area contributed by atoms with Crippen LogP contribution in [0.25, 0.3) is 10.9 Å². The lowest BCUT2D eigenvalue weighted by molar-refractivity contribution is -0.122. The van der Waals surface area contributed by atoms with Gasteiger partial charge in [-0.2, -0.15) is 5.10 Å². The lowest BCUT2D eigenvalue weighted by Gasteiger charge is -2.44. The highest BCUT2D eigenvalue weighted by Crippen LogP contribution is 2.29. The van der Waals surface area contributed by atoms with Crippen LogP contribution >= 0.6 is 0 Å². The molecule has 142 valence electrons. The van der Waals surface area contributed by atoms with Crippen molar-refractivity contribution in [3.05, 3.63) is 29.5 Å². The second kappa shape index (κ2) is 6.64. The van der Waals surface area contributed by atoms with Gasteiger partial charge in [0, 0.05) is 30.4 Å². The van der Waals surface area contributed by atoms with Gasteiger partial charge in [-0.3, -0.25) is 14.7 Å². The molecule has 3 N–H and O–H groups in total. The van der Waals surface area contributed by atoms with Gasteiger partial charge in [0.05, 0.1) is 5.52 Å². The Bertz CT molecular complexity index is 880. The van der Waals surface area contributed by atoms with Crippen molar-refractivity contribution in [2.45, 2.75) is 38.3 Å². The molecule has 4 fully saturated rings. The molecule has 2 bridgehead atoms. The van der Waals surface area contributed by atoms with Gasteiger partial charge in [0.25, 0.3) is 5.91 Å². The fourth-order valence-corrected chi connectivity index (χ4v) is 4.39. The Hall–Kier alpha value is -2.41. The number of amides is 2.